The summed E-state index contributed by atoms with van der Waals surface area (Å²) in [6, 6.07) is 6.18. The minimum Gasteiger partial charge on any atom is -0.504 e. The molecule has 2 aliphatic rings. The summed E-state index contributed by atoms with van der Waals surface area (Å²) >= 11 is 0. The fourth-order valence-electron chi connectivity index (χ4n) is 3.21. The van der Waals surface area contributed by atoms with E-state index < -0.39 is 5.60 Å². The van der Waals surface area contributed by atoms with E-state index in [9.17, 15) is 9.50 Å². The first-order valence-corrected chi connectivity index (χ1v) is 8.65. The number of morpholine rings is 1. The molecule has 0 bridgehead atoms. The molecule has 0 spiro atoms. The Kier molecular flexibility index (Phi) is 4.07. The first-order chi connectivity index (χ1) is 12.8. The molecule has 0 atom stereocenters. The molecule has 1 aromatic heterocycles. The van der Waals surface area contributed by atoms with Gasteiger partial charge in [0.1, 0.15) is 23.1 Å². The normalized spacial score (nSPS) is 19.1. The van der Waals surface area contributed by atoms with Crippen LogP contribution >= 0.6 is 0 Å². The predicted octanol–water partition coefficient (Wildman–Crippen LogP) is 2.80. The van der Waals surface area contributed by atoms with Crippen molar-refractivity contribution in [1.82, 2.24) is 20.1 Å². The summed E-state index contributed by atoms with van der Waals surface area (Å²) in [6.45, 7) is 8.93. The molecule has 8 heteroatoms. The van der Waals surface area contributed by atoms with Gasteiger partial charge in [-0.3, -0.25) is 0 Å². The van der Waals surface area contributed by atoms with Crippen LogP contribution in [-0.2, 0) is 11.2 Å². The highest BCUT2D eigenvalue weighted by Crippen LogP contribution is 2.34. The molecule has 1 fully saturated rings. The van der Waals surface area contributed by atoms with Crippen LogP contribution in [0.2, 0.25) is 0 Å². The average molecular weight is 369 g/mol. The van der Waals surface area contributed by atoms with Crippen LogP contribution in [0.3, 0.4) is 0 Å². The SMILES string of the molecule is C=C1C(O)=C(c2nnc(Cc3ccc(F)cc3)[nH]2)N=C2N1CCOC2(C)C. The van der Waals surface area contributed by atoms with Crippen molar-refractivity contribution in [3.8, 4) is 0 Å². The smallest absolute Gasteiger partial charge is 0.184 e. The summed E-state index contributed by atoms with van der Waals surface area (Å²) in [5.41, 5.74) is 1.03. The zero-order chi connectivity index (χ0) is 19.2. The van der Waals surface area contributed by atoms with E-state index in [0.717, 1.165) is 5.56 Å². The van der Waals surface area contributed by atoms with Crippen molar-refractivity contribution in [2.45, 2.75) is 25.9 Å². The number of ether oxygens (including phenoxy) is 1. The van der Waals surface area contributed by atoms with E-state index in [-0.39, 0.29) is 17.3 Å². The quantitative estimate of drug-likeness (QED) is 0.869. The Bertz CT molecular complexity index is 959. The maximum absolute atomic E-state index is 13.0. The number of H-pyrrole nitrogens is 1. The van der Waals surface area contributed by atoms with Gasteiger partial charge < -0.3 is 19.7 Å². The number of rotatable bonds is 3. The molecule has 3 heterocycles. The van der Waals surface area contributed by atoms with Crippen molar-refractivity contribution in [3.63, 3.8) is 0 Å². The van der Waals surface area contributed by atoms with Gasteiger partial charge in [0.15, 0.2) is 17.3 Å². The number of hydrogen-bond donors (Lipinski definition) is 2. The van der Waals surface area contributed by atoms with Gasteiger partial charge in [0, 0.05) is 13.0 Å². The lowest BCUT2D eigenvalue weighted by Gasteiger charge is -2.43. The molecule has 2 N–H and O–H groups in total. The third-order valence-electron chi connectivity index (χ3n) is 4.66. The molecule has 2 aromatic rings. The summed E-state index contributed by atoms with van der Waals surface area (Å²) in [7, 11) is 0. The largest absolute Gasteiger partial charge is 0.504 e. The van der Waals surface area contributed by atoms with Crippen molar-refractivity contribution in [2.24, 2.45) is 4.99 Å². The summed E-state index contributed by atoms with van der Waals surface area (Å²) in [6.07, 6.45) is 0.458. The Labute approximate surface area is 155 Å². The molecule has 140 valence electrons. The second-order valence-electron chi connectivity index (χ2n) is 7.01. The number of aromatic nitrogens is 3. The highest BCUT2D eigenvalue weighted by Gasteiger charge is 2.40. The van der Waals surface area contributed by atoms with Crippen molar-refractivity contribution in [1.29, 1.82) is 0 Å². The Morgan fingerprint density at radius 1 is 1.30 bits per heavy atom. The second-order valence-corrected chi connectivity index (χ2v) is 7.01. The van der Waals surface area contributed by atoms with Crippen molar-refractivity contribution in [2.75, 3.05) is 13.2 Å². The van der Waals surface area contributed by atoms with Crippen LogP contribution in [0, 0.1) is 5.82 Å². The number of aliphatic hydroxyl groups is 1. The minimum absolute atomic E-state index is 0.0408. The van der Waals surface area contributed by atoms with E-state index in [1.54, 1.807) is 12.1 Å². The molecular formula is C19H20FN5O2. The Hall–Kier alpha value is -3.00. The third-order valence-corrected chi connectivity index (χ3v) is 4.66. The zero-order valence-corrected chi connectivity index (χ0v) is 15.2. The molecule has 0 unspecified atom stereocenters. The second kappa shape index (κ2) is 6.31. The highest BCUT2D eigenvalue weighted by molar-refractivity contribution is 5.98. The third kappa shape index (κ3) is 3.12. The number of amidine groups is 1. The van der Waals surface area contributed by atoms with Crippen LogP contribution in [0.1, 0.15) is 31.1 Å². The fraction of sp³-hybridized carbons (Fsp3) is 0.316. The molecule has 1 saturated heterocycles. The maximum Gasteiger partial charge on any atom is 0.184 e. The molecular weight excluding hydrogens is 349 g/mol. The first kappa shape index (κ1) is 17.4. The standard InChI is InChI=1S/C19H20FN5O2/c1-11-16(26)15(22-18-19(2,3)27-9-8-25(11)18)17-21-14(23-24-17)10-12-4-6-13(20)7-5-12/h4-7,26H,1,8-10H2,2-3H3,(H,21,23,24). The van der Waals surface area contributed by atoms with Gasteiger partial charge in [-0.2, -0.15) is 0 Å². The number of halogens is 1. The fourth-order valence-corrected chi connectivity index (χ4v) is 3.21. The number of hydrogen-bond acceptors (Lipinski definition) is 6. The number of aliphatic hydroxyl groups excluding tert-OH is 1. The van der Waals surface area contributed by atoms with Crippen molar-refractivity contribution in [3.05, 3.63) is 65.3 Å². The Morgan fingerprint density at radius 3 is 2.78 bits per heavy atom. The van der Waals surface area contributed by atoms with Crippen LogP contribution in [0.15, 0.2) is 47.3 Å². The number of nitrogens with one attached hydrogen (secondary N) is 1. The van der Waals surface area contributed by atoms with Crippen LogP contribution in [0.25, 0.3) is 5.70 Å². The molecule has 0 aliphatic carbocycles. The average Bonchev–Trinajstić information content (AvgIpc) is 3.08. The molecule has 2 aliphatic heterocycles. The Balaban J connectivity index is 1.66. The van der Waals surface area contributed by atoms with Crippen LogP contribution in [-0.4, -0.2) is 49.8 Å². The van der Waals surface area contributed by atoms with E-state index in [1.165, 1.54) is 12.1 Å². The minimum atomic E-state index is -0.607. The maximum atomic E-state index is 13.0. The lowest BCUT2D eigenvalue weighted by molar-refractivity contribution is -0.000976. The number of benzene rings is 1. The lowest BCUT2D eigenvalue weighted by atomic mass is 10.0. The van der Waals surface area contributed by atoms with Crippen LogP contribution in [0.5, 0.6) is 0 Å². The van der Waals surface area contributed by atoms with E-state index >= 15 is 0 Å². The number of nitrogens with zero attached hydrogens (tertiary/aromatic N) is 4. The molecule has 0 radical (unpaired) electrons. The van der Waals surface area contributed by atoms with Gasteiger partial charge in [-0.15, -0.1) is 10.2 Å². The lowest BCUT2D eigenvalue weighted by Crippen LogP contribution is -2.54. The molecule has 0 saturated carbocycles. The van der Waals surface area contributed by atoms with Gasteiger partial charge in [0.05, 0.1) is 12.3 Å². The molecule has 4 rings (SSSR count). The van der Waals surface area contributed by atoms with Crippen molar-refractivity contribution < 1.29 is 14.2 Å². The summed E-state index contributed by atoms with van der Waals surface area (Å²) < 4.78 is 18.8. The van der Waals surface area contributed by atoms with Gasteiger partial charge in [-0.25, -0.2) is 9.38 Å². The van der Waals surface area contributed by atoms with E-state index in [0.29, 0.717) is 42.8 Å². The zero-order valence-electron chi connectivity index (χ0n) is 15.2. The number of fused-ring (bicyclic) bond motifs is 1. The van der Waals surface area contributed by atoms with E-state index in [2.05, 4.69) is 26.8 Å². The summed E-state index contributed by atoms with van der Waals surface area (Å²) in [5.74, 6) is 1.28. The molecule has 27 heavy (non-hydrogen) atoms. The Morgan fingerprint density at radius 2 is 2.04 bits per heavy atom. The highest BCUT2D eigenvalue weighted by atomic mass is 19.1. The molecule has 0 amide bonds. The summed E-state index contributed by atoms with van der Waals surface area (Å²) in [4.78, 5) is 9.53. The molecule has 1 aromatic carbocycles. The van der Waals surface area contributed by atoms with E-state index in [1.807, 2.05) is 18.7 Å². The first-order valence-electron chi connectivity index (χ1n) is 8.65. The van der Waals surface area contributed by atoms with E-state index in [4.69, 9.17) is 4.74 Å². The van der Waals surface area contributed by atoms with Gasteiger partial charge in [0.2, 0.25) is 0 Å². The van der Waals surface area contributed by atoms with Gasteiger partial charge in [0.25, 0.3) is 0 Å². The molecule has 7 nitrogen and oxygen atoms in total. The number of aliphatic imine (C=N–C) groups is 1. The van der Waals surface area contributed by atoms with Crippen molar-refractivity contribution >= 4 is 11.5 Å². The van der Waals surface area contributed by atoms with Gasteiger partial charge in [-0.05, 0) is 31.5 Å². The predicted molar refractivity (Wildman–Crippen MR) is 98.4 cm³/mol. The number of aromatic amines is 1. The van der Waals surface area contributed by atoms with Crippen LogP contribution < -0.4 is 0 Å². The van der Waals surface area contributed by atoms with Gasteiger partial charge >= 0.3 is 0 Å². The monoisotopic (exact) mass is 369 g/mol. The van der Waals surface area contributed by atoms with Crippen LogP contribution in [0.4, 0.5) is 4.39 Å². The topological polar surface area (TPSA) is 86.6 Å². The summed E-state index contributed by atoms with van der Waals surface area (Å²) in [5, 5.41) is 18.8. The van der Waals surface area contributed by atoms with Gasteiger partial charge in [-0.1, -0.05) is 18.7 Å².